The molecule has 0 aliphatic heterocycles. The zero-order valence-electron chi connectivity index (χ0n) is 23.8. The van der Waals surface area contributed by atoms with Crippen LogP contribution in [-0.4, -0.2) is 56.8 Å². The van der Waals surface area contributed by atoms with E-state index in [1.165, 1.54) is 24.3 Å². The third-order valence-electron chi connectivity index (χ3n) is 6.44. The summed E-state index contributed by atoms with van der Waals surface area (Å²) in [6.07, 6.45) is 1.57. The fraction of sp³-hybridized carbons (Fsp3) is 0.156. The quantitative estimate of drug-likeness (QED) is 0.162. The topological polar surface area (TPSA) is 161 Å². The number of aromatic nitrogens is 1. The maximum Gasteiger partial charge on any atom is 0.338 e. The second kappa shape index (κ2) is 14.7. The Kier molecular flexibility index (Phi) is 10.5. The number of nitrogens with one attached hydrogen (secondary N) is 3. The van der Waals surface area contributed by atoms with Gasteiger partial charge in [-0.05, 0) is 66.9 Å². The molecule has 3 N–H and O–H groups in total. The van der Waals surface area contributed by atoms with Gasteiger partial charge in [0.05, 0.1) is 22.6 Å². The zero-order chi connectivity index (χ0) is 31.5. The van der Waals surface area contributed by atoms with Gasteiger partial charge in [0, 0.05) is 18.3 Å². The summed E-state index contributed by atoms with van der Waals surface area (Å²) in [6, 6.07) is 24.3. The molecule has 0 unspecified atom stereocenters. The average Bonchev–Trinajstić information content (AvgIpc) is 3.03. The number of benzene rings is 3. The van der Waals surface area contributed by atoms with Crippen LogP contribution in [-0.2, 0) is 21.2 Å². The number of carbonyl (C=O) groups is 4. The van der Waals surface area contributed by atoms with Crippen molar-refractivity contribution < 1.29 is 32.3 Å². The molecule has 1 heterocycles. The van der Waals surface area contributed by atoms with Crippen LogP contribution < -0.4 is 15.4 Å². The average molecular weight is 615 g/mol. The van der Waals surface area contributed by atoms with Crippen molar-refractivity contribution in [2.24, 2.45) is 0 Å². The number of pyridine rings is 1. The van der Waals surface area contributed by atoms with Gasteiger partial charge in [-0.15, -0.1) is 0 Å². The van der Waals surface area contributed by atoms with Crippen molar-refractivity contribution in [3.05, 3.63) is 131 Å². The minimum Gasteiger partial charge on any atom is -0.460 e. The lowest BCUT2D eigenvalue weighted by atomic mass is 10.1. The number of amides is 3. The molecular weight excluding hydrogens is 584 g/mol. The summed E-state index contributed by atoms with van der Waals surface area (Å²) < 4.78 is 32.7. The van der Waals surface area contributed by atoms with Crippen molar-refractivity contribution in [1.29, 1.82) is 0 Å². The Labute approximate surface area is 254 Å². The first-order chi connectivity index (χ1) is 21.1. The maximum atomic E-state index is 12.8. The normalized spacial score (nSPS) is 10.8. The lowest BCUT2D eigenvalue weighted by molar-refractivity contribution is 0.0502. The fourth-order valence-corrected chi connectivity index (χ4v) is 5.00. The molecule has 0 bridgehead atoms. The highest BCUT2D eigenvalue weighted by Crippen LogP contribution is 2.13. The van der Waals surface area contributed by atoms with Gasteiger partial charge in [-0.25, -0.2) is 17.9 Å². The van der Waals surface area contributed by atoms with Crippen LogP contribution in [0.5, 0.6) is 0 Å². The molecule has 226 valence electrons. The van der Waals surface area contributed by atoms with Crippen LogP contribution in [0.25, 0.3) is 0 Å². The Balaban J connectivity index is 1.23. The van der Waals surface area contributed by atoms with Crippen molar-refractivity contribution in [2.75, 3.05) is 19.7 Å². The molecule has 12 heteroatoms. The van der Waals surface area contributed by atoms with Crippen LogP contribution in [0, 0.1) is 6.92 Å². The molecule has 0 saturated carbocycles. The number of aryl methyl sites for hydroxylation is 1. The van der Waals surface area contributed by atoms with Crippen molar-refractivity contribution in [1.82, 2.24) is 20.3 Å². The van der Waals surface area contributed by atoms with E-state index in [1.54, 1.807) is 61.5 Å². The second-order valence-corrected chi connectivity index (χ2v) is 11.3. The van der Waals surface area contributed by atoms with E-state index in [9.17, 15) is 27.6 Å². The minimum absolute atomic E-state index is 0.00909. The molecule has 4 aromatic rings. The number of nitrogens with zero attached hydrogens (tertiary/aromatic N) is 1. The summed E-state index contributed by atoms with van der Waals surface area (Å²) in [5, 5.41) is 5.37. The van der Waals surface area contributed by atoms with Crippen LogP contribution >= 0.6 is 0 Å². The van der Waals surface area contributed by atoms with Gasteiger partial charge in [0.25, 0.3) is 27.7 Å². The molecule has 0 atom stereocenters. The molecule has 3 aromatic carbocycles. The van der Waals surface area contributed by atoms with E-state index in [0.717, 1.165) is 17.3 Å². The van der Waals surface area contributed by atoms with E-state index in [4.69, 9.17) is 4.74 Å². The van der Waals surface area contributed by atoms with E-state index in [1.807, 2.05) is 16.9 Å². The highest BCUT2D eigenvalue weighted by Gasteiger charge is 2.20. The van der Waals surface area contributed by atoms with Gasteiger partial charge < -0.3 is 15.4 Å². The highest BCUT2D eigenvalue weighted by molar-refractivity contribution is 7.90. The molecule has 11 nitrogen and oxygen atoms in total. The molecular formula is C32H30N4O7S. The number of sulfonamides is 1. The Bertz CT molecular complexity index is 1740. The van der Waals surface area contributed by atoms with Gasteiger partial charge in [0.15, 0.2) is 0 Å². The maximum absolute atomic E-state index is 12.8. The van der Waals surface area contributed by atoms with Crippen LogP contribution in [0.3, 0.4) is 0 Å². The molecule has 1 aromatic heterocycles. The molecule has 3 amide bonds. The van der Waals surface area contributed by atoms with Gasteiger partial charge in [0.2, 0.25) is 0 Å². The summed E-state index contributed by atoms with van der Waals surface area (Å²) in [6.45, 7) is 2.14. The summed E-state index contributed by atoms with van der Waals surface area (Å²) in [5.41, 5.74) is 2.49. The second-order valence-electron chi connectivity index (χ2n) is 9.59. The van der Waals surface area contributed by atoms with Crippen LogP contribution in [0.2, 0.25) is 0 Å². The van der Waals surface area contributed by atoms with Gasteiger partial charge >= 0.3 is 5.97 Å². The van der Waals surface area contributed by atoms with E-state index in [-0.39, 0.29) is 35.2 Å². The van der Waals surface area contributed by atoms with Crippen molar-refractivity contribution in [2.45, 2.75) is 18.2 Å². The SMILES string of the molecule is Cc1ccccc1C(=O)OCCNC(=O)c1ccc(C(=O)NS(=O)(=O)c2ccc(CCNC(=O)c3ccccc3)cc2)cn1. The number of ether oxygens (including phenoxy) is 1. The number of hydrogen-bond acceptors (Lipinski definition) is 8. The molecule has 0 radical (unpaired) electrons. The summed E-state index contributed by atoms with van der Waals surface area (Å²) in [7, 11) is -4.18. The summed E-state index contributed by atoms with van der Waals surface area (Å²) >= 11 is 0. The monoisotopic (exact) mass is 614 g/mol. The largest absolute Gasteiger partial charge is 0.460 e. The van der Waals surface area contributed by atoms with Gasteiger partial charge in [0.1, 0.15) is 12.3 Å². The van der Waals surface area contributed by atoms with Crippen molar-refractivity contribution in [3.63, 3.8) is 0 Å². The number of esters is 1. The Morgan fingerprint density at radius 2 is 1.41 bits per heavy atom. The summed E-state index contributed by atoms with van der Waals surface area (Å²) in [4.78, 5) is 53.1. The third kappa shape index (κ3) is 8.58. The standard InChI is InChI=1S/C32H30N4O7S/c1-22-7-5-6-10-27(22)32(40)43-20-19-34-31(39)28-16-13-25(21-35-28)30(38)36-44(41,42)26-14-11-23(12-15-26)17-18-33-29(37)24-8-3-2-4-9-24/h2-16,21H,17-20H2,1H3,(H,33,37)(H,34,39)(H,36,38). The third-order valence-corrected chi connectivity index (χ3v) is 7.79. The number of hydrogen-bond donors (Lipinski definition) is 3. The molecule has 0 fully saturated rings. The Morgan fingerprint density at radius 3 is 2.09 bits per heavy atom. The minimum atomic E-state index is -4.18. The lowest BCUT2D eigenvalue weighted by Crippen LogP contribution is -2.31. The Hall–Kier alpha value is -5.36. The molecule has 0 spiro atoms. The van der Waals surface area contributed by atoms with E-state index in [2.05, 4.69) is 15.6 Å². The first kappa shape index (κ1) is 31.6. The molecule has 0 aliphatic carbocycles. The fourth-order valence-electron chi connectivity index (χ4n) is 4.03. The highest BCUT2D eigenvalue weighted by atomic mass is 32.2. The molecule has 0 aliphatic rings. The van der Waals surface area contributed by atoms with E-state index >= 15 is 0 Å². The Morgan fingerprint density at radius 1 is 0.727 bits per heavy atom. The summed E-state index contributed by atoms with van der Waals surface area (Å²) in [5.74, 6) is -2.18. The zero-order valence-corrected chi connectivity index (χ0v) is 24.6. The van der Waals surface area contributed by atoms with Crippen LogP contribution in [0.4, 0.5) is 0 Å². The first-order valence-corrected chi connectivity index (χ1v) is 15.1. The van der Waals surface area contributed by atoms with E-state index < -0.39 is 27.8 Å². The van der Waals surface area contributed by atoms with E-state index in [0.29, 0.717) is 24.1 Å². The van der Waals surface area contributed by atoms with Crippen LogP contribution in [0.15, 0.2) is 102 Å². The molecule has 0 saturated heterocycles. The van der Waals surface area contributed by atoms with Crippen molar-refractivity contribution in [3.8, 4) is 0 Å². The lowest BCUT2D eigenvalue weighted by Gasteiger charge is -2.09. The smallest absolute Gasteiger partial charge is 0.338 e. The number of carbonyl (C=O) groups excluding carboxylic acids is 4. The van der Waals surface area contributed by atoms with Gasteiger partial charge in [-0.1, -0.05) is 48.5 Å². The number of rotatable bonds is 12. The van der Waals surface area contributed by atoms with Crippen LogP contribution in [0.1, 0.15) is 52.7 Å². The predicted octanol–water partition coefficient (Wildman–Crippen LogP) is 3.07. The predicted molar refractivity (Wildman–Crippen MR) is 162 cm³/mol. The molecule has 4 rings (SSSR count). The first-order valence-electron chi connectivity index (χ1n) is 13.6. The van der Waals surface area contributed by atoms with Gasteiger partial charge in [-0.2, -0.15) is 0 Å². The van der Waals surface area contributed by atoms with Gasteiger partial charge in [-0.3, -0.25) is 19.4 Å². The molecule has 44 heavy (non-hydrogen) atoms. The van der Waals surface area contributed by atoms with Crippen molar-refractivity contribution >= 4 is 33.7 Å².